The SMILES string of the molecule is Cc1ccc(C(=O)NC2CCCCCC2)cc1S(=O)(=O)N1CCN(C)CC1. The zero-order valence-corrected chi connectivity index (χ0v) is 17.2. The van der Waals surface area contributed by atoms with Crippen molar-refractivity contribution in [2.75, 3.05) is 33.2 Å². The second-order valence-corrected chi connectivity index (χ2v) is 9.76. The third-order valence-corrected chi connectivity index (χ3v) is 7.76. The number of likely N-dealkylation sites (N-methyl/N-ethyl adjacent to an activating group) is 1. The van der Waals surface area contributed by atoms with E-state index in [-0.39, 0.29) is 16.8 Å². The van der Waals surface area contributed by atoms with Gasteiger partial charge in [-0.2, -0.15) is 4.31 Å². The Morgan fingerprint density at radius 1 is 1.04 bits per heavy atom. The monoisotopic (exact) mass is 393 g/mol. The predicted molar refractivity (Wildman–Crippen MR) is 106 cm³/mol. The summed E-state index contributed by atoms with van der Waals surface area (Å²) in [5, 5.41) is 3.10. The highest BCUT2D eigenvalue weighted by Crippen LogP contribution is 2.23. The number of nitrogens with one attached hydrogen (secondary N) is 1. The smallest absolute Gasteiger partial charge is 0.251 e. The van der Waals surface area contributed by atoms with Crippen molar-refractivity contribution in [2.24, 2.45) is 0 Å². The number of benzene rings is 1. The van der Waals surface area contributed by atoms with Crippen LogP contribution in [-0.4, -0.2) is 62.8 Å². The van der Waals surface area contributed by atoms with E-state index in [0.29, 0.717) is 24.2 Å². The Bertz CT molecular complexity index is 763. The Hall–Kier alpha value is -1.44. The molecule has 6 nitrogen and oxygen atoms in total. The van der Waals surface area contributed by atoms with Gasteiger partial charge in [0.2, 0.25) is 10.0 Å². The fourth-order valence-corrected chi connectivity index (χ4v) is 5.55. The summed E-state index contributed by atoms with van der Waals surface area (Å²) in [6.45, 7) is 4.20. The number of piperazine rings is 1. The molecule has 1 N–H and O–H groups in total. The Balaban J connectivity index is 1.78. The molecule has 2 fully saturated rings. The highest BCUT2D eigenvalue weighted by molar-refractivity contribution is 7.89. The van der Waals surface area contributed by atoms with Crippen LogP contribution in [0.15, 0.2) is 23.1 Å². The molecule has 27 heavy (non-hydrogen) atoms. The van der Waals surface area contributed by atoms with Gasteiger partial charge < -0.3 is 10.2 Å². The first kappa shape index (κ1) is 20.3. The van der Waals surface area contributed by atoms with Crippen LogP contribution in [0.25, 0.3) is 0 Å². The molecule has 150 valence electrons. The Kier molecular flexibility index (Phi) is 6.55. The maximum absolute atomic E-state index is 13.1. The van der Waals surface area contributed by atoms with Gasteiger partial charge >= 0.3 is 0 Å². The highest BCUT2D eigenvalue weighted by Gasteiger charge is 2.29. The Labute approximate surface area is 163 Å². The molecule has 1 saturated carbocycles. The number of hydrogen-bond donors (Lipinski definition) is 1. The van der Waals surface area contributed by atoms with Gasteiger partial charge in [0.05, 0.1) is 4.90 Å². The quantitative estimate of drug-likeness (QED) is 0.798. The molecule has 1 heterocycles. The van der Waals surface area contributed by atoms with Gasteiger partial charge in [-0.05, 0) is 44.5 Å². The lowest BCUT2D eigenvalue weighted by molar-refractivity contribution is 0.0933. The number of carbonyl (C=O) groups excluding carboxylic acids is 1. The minimum absolute atomic E-state index is 0.170. The maximum Gasteiger partial charge on any atom is 0.251 e. The van der Waals surface area contributed by atoms with Crippen LogP contribution in [0.5, 0.6) is 0 Å². The van der Waals surface area contributed by atoms with E-state index in [2.05, 4.69) is 10.2 Å². The normalized spacial score (nSPS) is 21.0. The average Bonchev–Trinajstić information content (AvgIpc) is 2.91. The zero-order chi connectivity index (χ0) is 19.4. The predicted octanol–water partition coefficient (Wildman–Crippen LogP) is 2.38. The van der Waals surface area contributed by atoms with E-state index in [0.717, 1.165) is 38.8 Å². The van der Waals surface area contributed by atoms with Crippen LogP contribution in [0.1, 0.15) is 54.4 Å². The molecule has 3 rings (SSSR count). The van der Waals surface area contributed by atoms with Crippen molar-refractivity contribution in [1.82, 2.24) is 14.5 Å². The molecule has 0 unspecified atom stereocenters. The third-order valence-electron chi connectivity index (χ3n) is 5.72. The summed E-state index contributed by atoms with van der Waals surface area (Å²) in [5.41, 5.74) is 1.11. The van der Waals surface area contributed by atoms with E-state index in [1.54, 1.807) is 25.1 Å². The maximum atomic E-state index is 13.1. The lowest BCUT2D eigenvalue weighted by atomic mass is 10.1. The van der Waals surface area contributed by atoms with E-state index < -0.39 is 10.0 Å². The van der Waals surface area contributed by atoms with E-state index in [1.807, 2.05) is 7.05 Å². The number of nitrogens with zero attached hydrogens (tertiary/aromatic N) is 2. The van der Waals surface area contributed by atoms with Crippen LogP contribution in [0.3, 0.4) is 0 Å². The van der Waals surface area contributed by atoms with Crippen molar-refractivity contribution in [3.05, 3.63) is 29.3 Å². The first-order valence-electron chi connectivity index (χ1n) is 9.98. The fourth-order valence-electron chi connectivity index (χ4n) is 3.88. The summed E-state index contributed by atoms with van der Waals surface area (Å²) >= 11 is 0. The third kappa shape index (κ3) is 4.89. The van der Waals surface area contributed by atoms with Gasteiger partial charge in [-0.25, -0.2) is 8.42 Å². The van der Waals surface area contributed by atoms with Crippen LogP contribution < -0.4 is 5.32 Å². The second-order valence-electron chi connectivity index (χ2n) is 7.85. The highest BCUT2D eigenvalue weighted by atomic mass is 32.2. The lowest BCUT2D eigenvalue weighted by Gasteiger charge is -2.32. The summed E-state index contributed by atoms with van der Waals surface area (Å²) < 4.78 is 27.7. The molecular weight excluding hydrogens is 362 g/mol. The fraction of sp³-hybridized carbons (Fsp3) is 0.650. The van der Waals surface area contributed by atoms with E-state index in [4.69, 9.17) is 0 Å². The zero-order valence-electron chi connectivity index (χ0n) is 16.4. The first-order valence-corrected chi connectivity index (χ1v) is 11.4. The number of rotatable bonds is 4. The average molecular weight is 394 g/mol. The second kappa shape index (κ2) is 8.71. The summed E-state index contributed by atoms with van der Waals surface area (Å²) in [4.78, 5) is 15.1. The molecular formula is C20H31N3O3S. The largest absolute Gasteiger partial charge is 0.349 e. The van der Waals surface area contributed by atoms with Crippen molar-refractivity contribution in [3.8, 4) is 0 Å². The van der Waals surface area contributed by atoms with Gasteiger partial charge in [-0.15, -0.1) is 0 Å². The summed E-state index contributed by atoms with van der Waals surface area (Å²) in [6.07, 6.45) is 6.74. The minimum atomic E-state index is -3.58. The topological polar surface area (TPSA) is 69.7 Å². The van der Waals surface area contributed by atoms with Crippen molar-refractivity contribution in [1.29, 1.82) is 0 Å². The molecule has 0 atom stereocenters. The molecule has 0 bridgehead atoms. The van der Waals surface area contributed by atoms with Crippen LogP contribution in [0.2, 0.25) is 0 Å². The molecule has 0 spiro atoms. The standard InChI is InChI=1S/C20H31N3O3S/c1-16-9-10-17(20(24)21-18-7-5-3-4-6-8-18)15-19(16)27(25,26)23-13-11-22(2)12-14-23/h9-10,15,18H,3-8,11-14H2,1-2H3,(H,21,24). The molecule has 1 aliphatic heterocycles. The van der Waals surface area contributed by atoms with E-state index in [1.165, 1.54) is 17.1 Å². The molecule has 1 aromatic carbocycles. The Morgan fingerprint density at radius 2 is 1.67 bits per heavy atom. The van der Waals surface area contributed by atoms with E-state index in [9.17, 15) is 13.2 Å². The van der Waals surface area contributed by atoms with Crippen molar-refractivity contribution in [2.45, 2.75) is 56.4 Å². The molecule has 1 aromatic rings. The summed E-state index contributed by atoms with van der Waals surface area (Å²) in [7, 11) is -1.59. The molecule has 1 saturated heterocycles. The van der Waals surface area contributed by atoms with Gasteiger partial charge in [0.25, 0.3) is 5.91 Å². The number of hydrogen-bond acceptors (Lipinski definition) is 4. The minimum Gasteiger partial charge on any atom is -0.349 e. The number of carbonyl (C=O) groups is 1. The molecule has 0 aromatic heterocycles. The number of amides is 1. The van der Waals surface area contributed by atoms with Crippen molar-refractivity contribution in [3.63, 3.8) is 0 Å². The molecule has 1 amide bonds. The Morgan fingerprint density at radius 3 is 2.30 bits per heavy atom. The van der Waals surface area contributed by atoms with Gasteiger partial charge in [0.1, 0.15) is 0 Å². The number of sulfonamides is 1. The van der Waals surface area contributed by atoms with Crippen LogP contribution in [0.4, 0.5) is 0 Å². The van der Waals surface area contributed by atoms with E-state index >= 15 is 0 Å². The van der Waals surface area contributed by atoms with Gasteiger partial charge in [0, 0.05) is 37.8 Å². The van der Waals surface area contributed by atoms with Gasteiger partial charge in [-0.3, -0.25) is 4.79 Å². The van der Waals surface area contributed by atoms with Gasteiger partial charge in [-0.1, -0.05) is 31.7 Å². The summed E-state index contributed by atoms with van der Waals surface area (Å²) in [5.74, 6) is -0.170. The number of aryl methyl sites for hydroxylation is 1. The van der Waals surface area contributed by atoms with Crippen molar-refractivity contribution < 1.29 is 13.2 Å². The molecule has 2 aliphatic rings. The molecule has 0 radical (unpaired) electrons. The summed E-state index contributed by atoms with van der Waals surface area (Å²) in [6, 6.07) is 5.21. The lowest BCUT2D eigenvalue weighted by Crippen LogP contribution is -2.47. The van der Waals surface area contributed by atoms with Crippen LogP contribution in [0, 0.1) is 6.92 Å². The van der Waals surface area contributed by atoms with Crippen LogP contribution >= 0.6 is 0 Å². The van der Waals surface area contributed by atoms with Gasteiger partial charge in [0.15, 0.2) is 0 Å². The van der Waals surface area contributed by atoms with Crippen LogP contribution in [-0.2, 0) is 10.0 Å². The molecule has 7 heteroatoms. The molecule has 1 aliphatic carbocycles. The first-order chi connectivity index (χ1) is 12.9. The van der Waals surface area contributed by atoms with Crippen molar-refractivity contribution >= 4 is 15.9 Å².